The minimum Gasteiger partial charge on any atom is -0.496 e. The predicted molar refractivity (Wildman–Crippen MR) is 76.7 cm³/mol. The first-order valence-corrected chi connectivity index (χ1v) is 6.75. The molecule has 0 bridgehead atoms. The van der Waals surface area contributed by atoms with Crippen LogP contribution >= 0.6 is 15.9 Å². The zero-order valence-corrected chi connectivity index (χ0v) is 12.5. The molecule has 0 radical (unpaired) electrons. The summed E-state index contributed by atoms with van der Waals surface area (Å²) in [5.41, 5.74) is 6.58. The van der Waals surface area contributed by atoms with Gasteiger partial charge in [0.05, 0.1) is 17.7 Å². The van der Waals surface area contributed by atoms with E-state index in [2.05, 4.69) is 20.8 Å². The summed E-state index contributed by atoms with van der Waals surface area (Å²) < 4.78 is 6.13. The highest BCUT2D eigenvalue weighted by molar-refractivity contribution is 9.10. The van der Waals surface area contributed by atoms with Crippen molar-refractivity contribution in [1.82, 2.24) is 4.90 Å². The second-order valence-electron chi connectivity index (χ2n) is 4.40. The van der Waals surface area contributed by atoms with Gasteiger partial charge in [0.2, 0.25) is 0 Å². The fourth-order valence-electron chi connectivity index (χ4n) is 1.83. The first-order valence-electron chi connectivity index (χ1n) is 5.96. The summed E-state index contributed by atoms with van der Waals surface area (Å²) in [5.74, 6) is 0.824. The van der Waals surface area contributed by atoms with Gasteiger partial charge in [0.25, 0.3) is 0 Å². The van der Waals surface area contributed by atoms with Crippen molar-refractivity contribution >= 4 is 15.9 Å². The molecule has 102 valence electrons. The third-order valence-electron chi connectivity index (χ3n) is 2.69. The van der Waals surface area contributed by atoms with Crippen LogP contribution in [0.2, 0.25) is 0 Å². The van der Waals surface area contributed by atoms with Crippen molar-refractivity contribution in [2.45, 2.75) is 19.1 Å². The Balaban J connectivity index is 2.54. The maximum Gasteiger partial charge on any atom is 0.133 e. The Hall–Kier alpha value is -0.620. The molecule has 1 aromatic carbocycles. The van der Waals surface area contributed by atoms with Crippen molar-refractivity contribution in [3.05, 3.63) is 28.2 Å². The highest BCUT2D eigenvalue weighted by atomic mass is 79.9. The molecule has 4 nitrogen and oxygen atoms in total. The number of likely N-dealkylation sites (N-methyl/N-ethyl adjacent to an activating group) is 1. The maximum absolute atomic E-state index is 9.68. The van der Waals surface area contributed by atoms with E-state index in [0.717, 1.165) is 16.8 Å². The Morgan fingerprint density at radius 1 is 1.50 bits per heavy atom. The van der Waals surface area contributed by atoms with E-state index < -0.39 is 0 Å². The molecule has 0 aliphatic heterocycles. The fourth-order valence-corrected chi connectivity index (χ4v) is 2.42. The molecule has 1 rings (SSSR count). The number of hydrogen-bond acceptors (Lipinski definition) is 4. The van der Waals surface area contributed by atoms with Gasteiger partial charge in [-0.05, 0) is 53.6 Å². The van der Waals surface area contributed by atoms with Crippen molar-refractivity contribution in [2.24, 2.45) is 5.73 Å². The van der Waals surface area contributed by atoms with Gasteiger partial charge in [-0.25, -0.2) is 0 Å². The Bertz CT molecular complexity index is 374. The third-order valence-corrected chi connectivity index (χ3v) is 3.31. The van der Waals surface area contributed by atoms with Gasteiger partial charge in [-0.3, -0.25) is 4.90 Å². The number of hydrogen-bond donors (Lipinski definition) is 2. The van der Waals surface area contributed by atoms with Crippen LogP contribution in [-0.2, 0) is 6.54 Å². The number of ether oxygens (including phenoxy) is 1. The zero-order chi connectivity index (χ0) is 13.5. The maximum atomic E-state index is 9.68. The monoisotopic (exact) mass is 316 g/mol. The minimum atomic E-state index is -0.360. The molecule has 0 fully saturated rings. The molecule has 1 unspecified atom stereocenters. The average Bonchev–Trinajstić information content (AvgIpc) is 2.29. The summed E-state index contributed by atoms with van der Waals surface area (Å²) in [6, 6.07) is 5.99. The lowest BCUT2D eigenvalue weighted by Gasteiger charge is -2.20. The predicted octanol–water partition coefficient (Wildman–Crippen LogP) is 1.60. The van der Waals surface area contributed by atoms with Gasteiger partial charge in [0, 0.05) is 13.1 Å². The number of benzene rings is 1. The first kappa shape index (κ1) is 15.4. The quantitative estimate of drug-likeness (QED) is 0.802. The summed E-state index contributed by atoms with van der Waals surface area (Å²) in [4.78, 5) is 2.08. The number of nitrogens with two attached hydrogens (primary N) is 1. The summed E-state index contributed by atoms with van der Waals surface area (Å²) in [6.07, 6.45) is 0.276. The number of aliphatic hydroxyl groups excluding tert-OH is 1. The molecule has 0 aliphatic rings. The van der Waals surface area contributed by atoms with Gasteiger partial charge >= 0.3 is 0 Å². The number of nitrogens with zero attached hydrogens (tertiary/aromatic N) is 1. The number of halogens is 1. The SMILES string of the molecule is COc1ccc(CN(C)CC(O)CCN)cc1Br. The van der Waals surface area contributed by atoms with Crippen molar-refractivity contribution in [2.75, 3.05) is 27.2 Å². The topological polar surface area (TPSA) is 58.7 Å². The molecule has 0 spiro atoms. The Morgan fingerprint density at radius 3 is 2.78 bits per heavy atom. The fraction of sp³-hybridized carbons (Fsp3) is 0.538. The third kappa shape index (κ3) is 4.94. The van der Waals surface area contributed by atoms with Crippen LogP contribution < -0.4 is 10.5 Å². The molecule has 18 heavy (non-hydrogen) atoms. The van der Waals surface area contributed by atoms with Crippen LogP contribution in [0.3, 0.4) is 0 Å². The molecule has 0 amide bonds. The minimum absolute atomic E-state index is 0.360. The van der Waals surface area contributed by atoms with E-state index in [0.29, 0.717) is 19.5 Å². The molecule has 0 saturated heterocycles. The number of rotatable bonds is 7. The van der Waals surface area contributed by atoms with Crippen molar-refractivity contribution in [3.8, 4) is 5.75 Å². The van der Waals surface area contributed by atoms with Crippen LogP contribution in [0.4, 0.5) is 0 Å². The van der Waals surface area contributed by atoms with Crippen molar-refractivity contribution in [1.29, 1.82) is 0 Å². The molecule has 1 atom stereocenters. The van der Waals surface area contributed by atoms with Gasteiger partial charge in [-0.1, -0.05) is 6.07 Å². The van der Waals surface area contributed by atoms with E-state index >= 15 is 0 Å². The highest BCUT2D eigenvalue weighted by Gasteiger charge is 2.09. The standard InChI is InChI=1S/C13H21BrN2O2/c1-16(9-11(17)5-6-15)8-10-3-4-13(18-2)12(14)7-10/h3-4,7,11,17H,5-6,8-9,15H2,1-2H3. The van der Waals surface area contributed by atoms with E-state index in [1.54, 1.807) is 7.11 Å². The molecular formula is C13H21BrN2O2. The molecule has 5 heteroatoms. The number of methoxy groups -OCH3 is 1. The lowest BCUT2D eigenvalue weighted by molar-refractivity contribution is 0.117. The summed E-state index contributed by atoms with van der Waals surface area (Å²) in [5, 5.41) is 9.68. The van der Waals surface area contributed by atoms with Crippen LogP contribution in [0.1, 0.15) is 12.0 Å². The molecule has 0 aromatic heterocycles. The normalized spacial score (nSPS) is 12.8. The van der Waals surface area contributed by atoms with Crippen LogP contribution in [0, 0.1) is 0 Å². The van der Waals surface area contributed by atoms with Crippen molar-refractivity contribution < 1.29 is 9.84 Å². The van der Waals surface area contributed by atoms with E-state index in [1.165, 1.54) is 5.56 Å². The Morgan fingerprint density at radius 2 is 2.22 bits per heavy atom. The summed E-state index contributed by atoms with van der Waals surface area (Å²) >= 11 is 3.46. The molecule has 3 N–H and O–H groups in total. The molecular weight excluding hydrogens is 296 g/mol. The largest absolute Gasteiger partial charge is 0.496 e. The van der Waals surface area contributed by atoms with Gasteiger partial charge in [-0.15, -0.1) is 0 Å². The Kier molecular flexibility index (Phi) is 6.63. The van der Waals surface area contributed by atoms with Crippen molar-refractivity contribution in [3.63, 3.8) is 0 Å². The zero-order valence-electron chi connectivity index (χ0n) is 10.9. The first-order chi connectivity index (χ1) is 8.56. The van der Waals surface area contributed by atoms with Gasteiger partial charge in [-0.2, -0.15) is 0 Å². The summed E-state index contributed by atoms with van der Waals surface area (Å²) in [6.45, 7) is 1.92. The van der Waals surface area contributed by atoms with E-state index in [9.17, 15) is 5.11 Å². The van der Waals surface area contributed by atoms with Crippen LogP contribution in [0.5, 0.6) is 5.75 Å². The van der Waals surface area contributed by atoms with Gasteiger partial charge in [0.1, 0.15) is 5.75 Å². The molecule has 0 heterocycles. The average molecular weight is 317 g/mol. The lowest BCUT2D eigenvalue weighted by Crippen LogP contribution is -2.30. The second-order valence-corrected chi connectivity index (χ2v) is 5.25. The second kappa shape index (κ2) is 7.74. The van der Waals surface area contributed by atoms with Crippen LogP contribution in [0.15, 0.2) is 22.7 Å². The lowest BCUT2D eigenvalue weighted by atomic mass is 10.2. The molecule has 0 saturated carbocycles. The highest BCUT2D eigenvalue weighted by Crippen LogP contribution is 2.25. The number of aliphatic hydroxyl groups is 1. The smallest absolute Gasteiger partial charge is 0.133 e. The summed E-state index contributed by atoms with van der Waals surface area (Å²) in [7, 11) is 3.63. The molecule has 1 aromatic rings. The van der Waals surface area contributed by atoms with Crippen LogP contribution in [0.25, 0.3) is 0 Å². The van der Waals surface area contributed by atoms with E-state index in [1.807, 2.05) is 25.2 Å². The molecule has 0 aliphatic carbocycles. The Labute approximate surface area is 117 Å². The van der Waals surface area contributed by atoms with E-state index in [-0.39, 0.29) is 6.10 Å². The van der Waals surface area contributed by atoms with Gasteiger partial charge < -0.3 is 15.6 Å². The van der Waals surface area contributed by atoms with E-state index in [4.69, 9.17) is 10.5 Å². The van der Waals surface area contributed by atoms with Gasteiger partial charge in [0.15, 0.2) is 0 Å². The van der Waals surface area contributed by atoms with Crippen LogP contribution in [-0.4, -0.2) is 43.4 Å².